The summed E-state index contributed by atoms with van der Waals surface area (Å²) in [6, 6.07) is 7.50. The molecule has 0 saturated heterocycles. The molecule has 16 heavy (non-hydrogen) atoms. The molecule has 2 aromatic rings. The minimum absolute atomic E-state index is 0.240. The van der Waals surface area contributed by atoms with Crippen LogP contribution in [0.15, 0.2) is 46.4 Å². The number of hydrogen-bond acceptors (Lipinski definition) is 3. The second-order valence-electron chi connectivity index (χ2n) is 3.40. The Morgan fingerprint density at radius 3 is 3.06 bits per heavy atom. The lowest BCUT2D eigenvalue weighted by Gasteiger charge is -2.05. The highest BCUT2D eigenvalue weighted by Gasteiger charge is 2.13. The van der Waals surface area contributed by atoms with Gasteiger partial charge in [-0.1, -0.05) is 18.2 Å². The number of aliphatic imine (C=N–C) groups is 1. The zero-order valence-corrected chi connectivity index (χ0v) is 8.31. The first-order valence-electron chi connectivity index (χ1n) is 4.87. The fourth-order valence-corrected chi connectivity index (χ4v) is 1.71. The normalized spacial score (nSPS) is 13.2. The summed E-state index contributed by atoms with van der Waals surface area (Å²) in [5, 5.41) is 0.872. The molecule has 3 rings (SSSR count). The van der Waals surface area contributed by atoms with E-state index in [0.29, 0.717) is 5.69 Å². The molecule has 1 aromatic carbocycles. The van der Waals surface area contributed by atoms with Crippen molar-refractivity contribution in [3.63, 3.8) is 0 Å². The minimum atomic E-state index is -0.266. The first-order valence-corrected chi connectivity index (χ1v) is 4.87. The van der Waals surface area contributed by atoms with Crippen molar-refractivity contribution in [1.29, 1.82) is 0 Å². The number of ether oxygens (including phenoxy) is 1. The smallest absolute Gasteiger partial charge is 0.293 e. The van der Waals surface area contributed by atoms with E-state index in [1.54, 1.807) is 12.3 Å². The van der Waals surface area contributed by atoms with Gasteiger partial charge in [-0.2, -0.15) is 0 Å². The molecule has 0 fully saturated rings. The summed E-state index contributed by atoms with van der Waals surface area (Å²) in [6.07, 6.45) is 4.70. The van der Waals surface area contributed by atoms with E-state index in [9.17, 15) is 4.79 Å². The Labute approximate surface area is 90.9 Å². The molecule has 0 atom stereocenters. The first kappa shape index (κ1) is 8.91. The Balaban J connectivity index is 2.48. The monoisotopic (exact) mass is 212 g/mol. The van der Waals surface area contributed by atoms with Gasteiger partial charge in [-0.05, 0) is 12.1 Å². The van der Waals surface area contributed by atoms with Crippen LogP contribution in [0.4, 0.5) is 5.69 Å². The van der Waals surface area contributed by atoms with Gasteiger partial charge < -0.3 is 9.72 Å². The lowest BCUT2D eigenvalue weighted by Crippen LogP contribution is -2.08. The molecule has 1 N–H and O–H groups in total. The summed E-state index contributed by atoms with van der Waals surface area (Å²) in [5.74, 6) is 0.240. The van der Waals surface area contributed by atoms with Crippen molar-refractivity contribution in [3.8, 4) is 5.75 Å². The number of nitrogens with zero attached hydrogens (tertiary/aromatic N) is 1. The molecule has 1 aromatic heterocycles. The van der Waals surface area contributed by atoms with Crippen LogP contribution in [0.3, 0.4) is 0 Å². The Hall–Kier alpha value is -2.36. The van der Waals surface area contributed by atoms with Gasteiger partial charge in [0.1, 0.15) is 5.69 Å². The average molecular weight is 212 g/mol. The zero-order chi connectivity index (χ0) is 11.0. The van der Waals surface area contributed by atoms with Gasteiger partial charge in [-0.15, -0.1) is 0 Å². The molecule has 0 aliphatic carbocycles. The van der Waals surface area contributed by atoms with Crippen LogP contribution in [0, 0.1) is 0 Å². The molecule has 78 valence electrons. The lowest BCUT2D eigenvalue weighted by molar-refractivity contribution is 0.478. The van der Waals surface area contributed by atoms with Crippen LogP contribution < -0.4 is 10.3 Å². The molecule has 4 nitrogen and oxygen atoms in total. The molecular formula is C12H8N2O2. The maximum Gasteiger partial charge on any atom is 0.293 e. The van der Waals surface area contributed by atoms with Crippen LogP contribution in [-0.2, 0) is 0 Å². The van der Waals surface area contributed by atoms with Crippen molar-refractivity contribution in [1.82, 2.24) is 4.98 Å². The molecule has 0 radical (unpaired) electrons. The predicted molar refractivity (Wildman–Crippen MR) is 62.5 cm³/mol. The van der Waals surface area contributed by atoms with E-state index in [1.807, 2.05) is 24.3 Å². The minimum Gasteiger partial charge on any atom is -0.457 e. The first-order chi connectivity index (χ1) is 7.86. The molecule has 4 heteroatoms. The summed E-state index contributed by atoms with van der Waals surface area (Å²) < 4.78 is 5.24. The second kappa shape index (κ2) is 3.34. The predicted octanol–water partition coefficient (Wildman–Crippen LogP) is 2.14. The number of nitrogens with one attached hydrogen (secondary N) is 1. The summed E-state index contributed by atoms with van der Waals surface area (Å²) in [4.78, 5) is 18.7. The summed E-state index contributed by atoms with van der Waals surface area (Å²) in [6.45, 7) is 0. The highest BCUT2D eigenvalue weighted by atomic mass is 16.5. The van der Waals surface area contributed by atoms with Crippen LogP contribution in [0.2, 0.25) is 0 Å². The standard InChI is InChI=1S/C12H8N2O2/c15-12-11-10(13-6-3-7-16-11)8-4-1-2-5-9(8)14-12/h1-7H,(H,14,15). The van der Waals surface area contributed by atoms with E-state index in [0.717, 1.165) is 10.9 Å². The van der Waals surface area contributed by atoms with Crippen molar-refractivity contribution in [2.24, 2.45) is 4.99 Å². The second-order valence-corrected chi connectivity index (χ2v) is 3.40. The van der Waals surface area contributed by atoms with Crippen LogP contribution in [-0.4, -0.2) is 11.2 Å². The van der Waals surface area contributed by atoms with Gasteiger partial charge in [0.25, 0.3) is 5.56 Å². The molecule has 0 bridgehead atoms. The van der Waals surface area contributed by atoms with Gasteiger partial charge in [0.05, 0.1) is 11.8 Å². The molecule has 1 aliphatic heterocycles. The van der Waals surface area contributed by atoms with E-state index in [-0.39, 0.29) is 11.3 Å². The zero-order valence-electron chi connectivity index (χ0n) is 8.31. The summed E-state index contributed by atoms with van der Waals surface area (Å²) >= 11 is 0. The molecule has 0 amide bonds. The van der Waals surface area contributed by atoms with Crippen LogP contribution in [0.1, 0.15) is 0 Å². The number of allylic oxidation sites excluding steroid dienone is 1. The van der Waals surface area contributed by atoms with Crippen molar-refractivity contribution < 1.29 is 4.74 Å². The quantitative estimate of drug-likeness (QED) is 0.727. The van der Waals surface area contributed by atoms with E-state index in [4.69, 9.17) is 4.74 Å². The van der Waals surface area contributed by atoms with E-state index in [2.05, 4.69) is 9.98 Å². The van der Waals surface area contributed by atoms with Crippen molar-refractivity contribution in [2.75, 3.05) is 0 Å². The Morgan fingerprint density at radius 2 is 2.12 bits per heavy atom. The number of fused-ring (bicyclic) bond motifs is 3. The fraction of sp³-hybridized carbons (Fsp3) is 0. The van der Waals surface area contributed by atoms with Crippen molar-refractivity contribution in [3.05, 3.63) is 47.0 Å². The number of aromatic nitrogens is 1. The number of H-pyrrole nitrogens is 1. The molecular weight excluding hydrogens is 204 g/mol. The number of aromatic amines is 1. The fourth-order valence-electron chi connectivity index (χ4n) is 1.71. The van der Waals surface area contributed by atoms with E-state index in [1.165, 1.54) is 6.26 Å². The maximum atomic E-state index is 11.7. The summed E-state index contributed by atoms with van der Waals surface area (Å²) in [7, 11) is 0. The lowest BCUT2D eigenvalue weighted by atomic mass is 10.2. The highest BCUT2D eigenvalue weighted by Crippen LogP contribution is 2.32. The number of rotatable bonds is 0. The molecule has 0 unspecified atom stereocenters. The van der Waals surface area contributed by atoms with Crippen LogP contribution >= 0.6 is 0 Å². The van der Waals surface area contributed by atoms with Gasteiger partial charge in [0.2, 0.25) is 5.75 Å². The Bertz CT molecular complexity index is 668. The number of para-hydroxylation sites is 1. The third kappa shape index (κ3) is 1.24. The number of benzene rings is 1. The van der Waals surface area contributed by atoms with Crippen LogP contribution in [0.25, 0.3) is 10.9 Å². The van der Waals surface area contributed by atoms with Gasteiger partial charge in [-0.3, -0.25) is 9.79 Å². The number of hydrogen-bond donors (Lipinski definition) is 1. The van der Waals surface area contributed by atoms with Gasteiger partial charge >= 0.3 is 0 Å². The highest BCUT2D eigenvalue weighted by molar-refractivity contribution is 5.95. The third-order valence-corrected chi connectivity index (χ3v) is 2.41. The molecule has 0 spiro atoms. The third-order valence-electron chi connectivity index (χ3n) is 2.41. The van der Waals surface area contributed by atoms with E-state index < -0.39 is 0 Å². The molecule has 1 aliphatic rings. The maximum absolute atomic E-state index is 11.7. The van der Waals surface area contributed by atoms with Gasteiger partial charge in [0, 0.05) is 11.6 Å². The summed E-state index contributed by atoms with van der Waals surface area (Å²) in [5.41, 5.74) is 1.07. The van der Waals surface area contributed by atoms with E-state index >= 15 is 0 Å². The Morgan fingerprint density at radius 1 is 1.25 bits per heavy atom. The largest absolute Gasteiger partial charge is 0.457 e. The SMILES string of the molecule is O=c1[nH]c2ccccc2c2c1OC=CC=N2. The molecule has 0 saturated carbocycles. The Kier molecular flexibility index (Phi) is 1.86. The van der Waals surface area contributed by atoms with Crippen molar-refractivity contribution in [2.45, 2.75) is 0 Å². The molecule has 2 heterocycles. The van der Waals surface area contributed by atoms with Crippen molar-refractivity contribution >= 4 is 22.8 Å². The average Bonchev–Trinajstić information content (AvgIpc) is 2.55. The topological polar surface area (TPSA) is 54.5 Å². The van der Waals surface area contributed by atoms with Gasteiger partial charge in [-0.25, -0.2) is 0 Å². The number of pyridine rings is 1. The van der Waals surface area contributed by atoms with Crippen LogP contribution in [0.5, 0.6) is 5.75 Å². The van der Waals surface area contributed by atoms with Gasteiger partial charge in [0.15, 0.2) is 0 Å².